The molecule has 0 aliphatic heterocycles. The highest BCUT2D eigenvalue weighted by molar-refractivity contribution is 6.31. The Labute approximate surface area is 84.4 Å². The highest BCUT2D eigenvalue weighted by Gasteiger charge is 2.09. The minimum Gasteiger partial charge on any atom is -0.315 e. The molecule has 0 fully saturated rings. The molecule has 0 bridgehead atoms. The zero-order valence-electron chi connectivity index (χ0n) is 7.04. The molecule has 0 aliphatic carbocycles. The third-order valence-corrected chi connectivity index (χ3v) is 1.72. The van der Waals surface area contributed by atoms with Crippen molar-refractivity contribution in [3.05, 3.63) is 34.9 Å². The van der Waals surface area contributed by atoms with Crippen LogP contribution in [0.4, 0.5) is 8.78 Å². The van der Waals surface area contributed by atoms with Crippen LogP contribution >= 0.6 is 11.6 Å². The van der Waals surface area contributed by atoms with Crippen molar-refractivity contribution >= 4 is 17.4 Å². The second-order valence-electron chi connectivity index (χ2n) is 2.51. The van der Waals surface area contributed by atoms with E-state index >= 15 is 0 Å². The number of carbonyl (C=O) groups is 1. The molecule has 0 unspecified atom stereocenters. The van der Waals surface area contributed by atoms with Crippen molar-refractivity contribution in [1.29, 1.82) is 0 Å². The molecule has 0 saturated carbocycles. The van der Waals surface area contributed by atoms with Crippen LogP contribution in [0.25, 0.3) is 0 Å². The lowest BCUT2D eigenvalue weighted by Gasteiger charge is -2.02. The van der Waals surface area contributed by atoms with E-state index in [9.17, 15) is 13.6 Å². The summed E-state index contributed by atoms with van der Waals surface area (Å²) in [5, 5.41) is 0.382. The number of ketones is 1. The van der Waals surface area contributed by atoms with E-state index in [1.165, 1.54) is 12.1 Å². The molecule has 1 aromatic rings. The van der Waals surface area contributed by atoms with Crippen LogP contribution in [0.3, 0.4) is 0 Å². The van der Waals surface area contributed by atoms with Crippen molar-refractivity contribution < 1.29 is 18.3 Å². The van der Waals surface area contributed by atoms with Gasteiger partial charge in [-0.1, -0.05) is 23.7 Å². The average Bonchev–Trinajstić information content (AvgIpc) is 2.14. The van der Waals surface area contributed by atoms with Gasteiger partial charge in [-0.3, -0.25) is 4.79 Å². The molecule has 0 atom stereocenters. The van der Waals surface area contributed by atoms with Crippen molar-refractivity contribution in [2.45, 2.75) is 6.61 Å². The van der Waals surface area contributed by atoms with Crippen molar-refractivity contribution in [2.24, 2.45) is 0 Å². The molecule has 0 saturated heterocycles. The Morgan fingerprint density at radius 1 is 1.50 bits per heavy atom. The van der Waals surface area contributed by atoms with E-state index in [0.29, 0.717) is 5.02 Å². The van der Waals surface area contributed by atoms with Gasteiger partial charge in [-0.15, -0.1) is 0 Å². The number of Topliss-reactive ketones (excluding diaryl/α,β-unsaturated/α-hetero) is 1. The average molecular weight is 221 g/mol. The van der Waals surface area contributed by atoms with Gasteiger partial charge in [0, 0.05) is 10.6 Å². The molecule has 1 aromatic carbocycles. The summed E-state index contributed by atoms with van der Waals surface area (Å²) in [6.07, 6.45) is 0. The Balaban J connectivity index is 2.61. The van der Waals surface area contributed by atoms with E-state index < -0.39 is 19.0 Å². The van der Waals surface area contributed by atoms with E-state index in [1.807, 2.05) is 0 Å². The van der Waals surface area contributed by atoms with Crippen LogP contribution in [-0.4, -0.2) is 19.0 Å². The van der Waals surface area contributed by atoms with E-state index in [4.69, 9.17) is 11.6 Å². The van der Waals surface area contributed by atoms with Crippen LogP contribution in [0.1, 0.15) is 10.4 Å². The van der Waals surface area contributed by atoms with Gasteiger partial charge in [0.25, 0.3) is 0 Å². The fraction of sp³-hybridized carbons (Fsp3) is 0.222. The SMILES string of the molecule is O=C(COC(F)F)c1cccc(Cl)c1. The lowest BCUT2D eigenvalue weighted by molar-refractivity contribution is -0.119. The molecule has 14 heavy (non-hydrogen) atoms. The Hall–Kier alpha value is -1.00. The summed E-state index contributed by atoms with van der Waals surface area (Å²) < 4.78 is 27.1. The van der Waals surface area contributed by atoms with Gasteiger partial charge in [0.2, 0.25) is 0 Å². The van der Waals surface area contributed by atoms with E-state index in [-0.39, 0.29) is 5.56 Å². The van der Waals surface area contributed by atoms with Crippen molar-refractivity contribution in [2.75, 3.05) is 6.61 Å². The first-order chi connectivity index (χ1) is 6.59. The molecule has 0 heterocycles. The molecule has 0 aliphatic rings. The van der Waals surface area contributed by atoms with Crippen LogP contribution in [0.2, 0.25) is 5.02 Å². The molecular weight excluding hydrogens is 214 g/mol. The van der Waals surface area contributed by atoms with Gasteiger partial charge < -0.3 is 4.74 Å². The summed E-state index contributed by atoms with van der Waals surface area (Å²) in [6.45, 7) is -3.57. The van der Waals surface area contributed by atoms with Crippen LogP contribution in [0.15, 0.2) is 24.3 Å². The molecule has 2 nitrogen and oxygen atoms in total. The third-order valence-electron chi connectivity index (χ3n) is 1.49. The highest BCUT2D eigenvalue weighted by atomic mass is 35.5. The van der Waals surface area contributed by atoms with Crippen LogP contribution in [0.5, 0.6) is 0 Å². The number of hydrogen-bond acceptors (Lipinski definition) is 2. The maximum atomic E-state index is 11.6. The van der Waals surface area contributed by atoms with Crippen molar-refractivity contribution in [3.8, 4) is 0 Å². The topological polar surface area (TPSA) is 26.3 Å². The quantitative estimate of drug-likeness (QED) is 0.730. The molecule has 5 heteroatoms. The van der Waals surface area contributed by atoms with E-state index in [0.717, 1.165) is 0 Å². The first kappa shape index (κ1) is 11.1. The number of rotatable bonds is 4. The number of ether oxygens (including phenoxy) is 1. The van der Waals surface area contributed by atoms with Gasteiger partial charge in [0.1, 0.15) is 6.61 Å². The maximum absolute atomic E-state index is 11.6. The van der Waals surface area contributed by atoms with Crippen molar-refractivity contribution in [3.63, 3.8) is 0 Å². The zero-order valence-corrected chi connectivity index (χ0v) is 7.80. The van der Waals surface area contributed by atoms with Crippen LogP contribution < -0.4 is 0 Å². The van der Waals surface area contributed by atoms with E-state index in [2.05, 4.69) is 4.74 Å². The Kier molecular flexibility index (Phi) is 3.98. The zero-order chi connectivity index (χ0) is 10.6. The summed E-state index contributed by atoms with van der Waals surface area (Å²) in [4.78, 5) is 11.2. The van der Waals surface area contributed by atoms with Gasteiger partial charge >= 0.3 is 6.61 Å². The number of carbonyl (C=O) groups excluding carboxylic acids is 1. The lowest BCUT2D eigenvalue weighted by atomic mass is 10.1. The van der Waals surface area contributed by atoms with Gasteiger partial charge in [0.05, 0.1) is 0 Å². The predicted molar refractivity (Wildman–Crippen MR) is 47.7 cm³/mol. The first-order valence-corrected chi connectivity index (χ1v) is 4.16. The molecule has 0 N–H and O–H groups in total. The summed E-state index contributed by atoms with van der Waals surface area (Å²) in [6, 6.07) is 6.05. The number of hydrogen-bond donors (Lipinski definition) is 0. The van der Waals surface area contributed by atoms with Crippen LogP contribution in [-0.2, 0) is 4.74 Å². The van der Waals surface area contributed by atoms with Crippen molar-refractivity contribution in [1.82, 2.24) is 0 Å². The van der Waals surface area contributed by atoms with Gasteiger partial charge in [-0.05, 0) is 12.1 Å². The highest BCUT2D eigenvalue weighted by Crippen LogP contribution is 2.11. The normalized spacial score (nSPS) is 10.6. The summed E-state index contributed by atoms with van der Waals surface area (Å²) in [5.74, 6) is -0.521. The molecule has 0 radical (unpaired) electrons. The lowest BCUT2D eigenvalue weighted by Crippen LogP contribution is -2.11. The summed E-state index contributed by atoms with van der Waals surface area (Å²) in [7, 11) is 0. The third kappa shape index (κ3) is 3.40. The second-order valence-corrected chi connectivity index (χ2v) is 2.94. The molecule has 1 rings (SSSR count). The molecule has 76 valence electrons. The van der Waals surface area contributed by atoms with Crippen LogP contribution in [0, 0.1) is 0 Å². The number of alkyl halides is 2. The molecular formula is C9H7ClF2O2. The fourth-order valence-corrected chi connectivity index (χ4v) is 1.07. The number of benzene rings is 1. The van der Waals surface area contributed by atoms with Gasteiger partial charge in [0.15, 0.2) is 5.78 Å². The molecule has 0 aromatic heterocycles. The standard InChI is InChI=1S/C9H7ClF2O2/c10-7-3-1-2-6(4-7)8(13)5-14-9(11)12/h1-4,9H,5H2. The van der Waals surface area contributed by atoms with Gasteiger partial charge in [-0.2, -0.15) is 8.78 Å². The Morgan fingerprint density at radius 2 is 2.21 bits per heavy atom. The summed E-state index contributed by atoms with van der Waals surface area (Å²) in [5.41, 5.74) is 0.262. The Morgan fingerprint density at radius 3 is 2.79 bits per heavy atom. The fourth-order valence-electron chi connectivity index (χ4n) is 0.884. The molecule has 0 spiro atoms. The predicted octanol–water partition coefficient (Wildman–Crippen LogP) is 2.76. The molecule has 0 amide bonds. The minimum absolute atomic E-state index is 0.262. The smallest absolute Gasteiger partial charge is 0.315 e. The summed E-state index contributed by atoms with van der Waals surface area (Å²) >= 11 is 5.61. The van der Waals surface area contributed by atoms with Gasteiger partial charge in [-0.25, -0.2) is 0 Å². The monoisotopic (exact) mass is 220 g/mol. The first-order valence-electron chi connectivity index (χ1n) is 3.78. The van der Waals surface area contributed by atoms with E-state index in [1.54, 1.807) is 12.1 Å². The Bertz CT molecular complexity index is 328. The largest absolute Gasteiger partial charge is 0.345 e. The second kappa shape index (κ2) is 5.02. The number of halogens is 3. The minimum atomic E-state index is -2.93. The maximum Gasteiger partial charge on any atom is 0.345 e.